The van der Waals surface area contributed by atoms with Gasteiger partial charge in [0.2, 0.25) is 0 Å². The van der Waals surface area contributed by atoms with E-state index in [1.807, 2.05) is 30.5 Å². The maximum Gasteiger partial charge on any atom is 0.337 e. The van der Waals surface area contributed by atoms with Crippen LogP contribution in [0.1, 0.15) is 46.0 Å². The number of aliphatic hydroxyl groups excluding tert-OH is 2. The number of esters is 2. The Balaban J connectivity index is 1.47. The van der Waals surface area contributed by atoms with Gasteiger partial charge in [-0.3, -0.25) is 4.79 Å². The van der Waals surface area contributed by atoms with E-state index in [1.54, 1.807) is 11.3 Å². The van der Waals surface area contributed by atoms with Gasteiger partial charge in [-0.05, 0) is 60.8 Å². The minimum atomic E-state index is -0.694. The molecule has 1 saturated heterocycles. The number of thioether (sulfide) groups is 1. The smallest absolute Gasteiger partial charge is 0.337 e. The molecule has 0 unspecified atom stereocenters. The van der Waals surface area contributed by atoms with Crippen LogP contribution >= 0.6 is 23.1 Å². The lowest BCUT2D eigenvalue weighted by molar-refractivity contribution is -0.151. The maximum absolute atomic E-state index is 12.4. The lowest BCUT2D eigenvalue weighted by atomic mass is 9.46. The Hall–Kier alpha value is -1.61. The topological polar surface area (TPSA) is 93.1 Å². The fraction of sp³-hybridized carbons (Fsp3) is 0.615. The number of aliphatic hydroxyl groups is 2. The predicted octanol–water partition coefficient (Wildman–Crippen LogP) is 4.37. The molecule has 6 atom stereocenters. The van der Waals surface area contributed by atoms with Crippen molar-refractivity contribution in [2.75, 3.05) is 19.0 Å². The number of ether oxygens (including phenoxy) is 2. The van der Waals surface area contributed by atoms with Gasteiger partial charge in [-0.2, -0.15) is 0 Å². The summed E-state index contributed by atoms with van der Waals surface area (Å²) in [5.74, 6) is -0.371. The fourth-order valence-corrected chi connectivity index (χ4v) is 7.88. The van der Waals surface area contributed by atoms with Crippen LogP contribution in [0.4, 0.5) is 0 Å². The predicted molar refractivity (Wildman–Crippen MR) is 132 cm³/mol. The second-order valence-electron chi connectivity index (χ2n) is 10.2. The molecule has 4 rings (SSSR count). The van der Waals surface area contributed by atoms with Crippen molar-refractivity contribution < 1.29 is 29.3 Å². The van der Waals surface area contributed by atoms with E-state index in [-0.39, 0.29) is 42.2 Å². The van der Waals surface area contributed by atoms with Crippen molar-refractivity contribution in [1.82, 2.24) is 0 Å². The molecule has 3 aliphatic rings. The lowest BCUT2D eigenvalue weighted by Crippen LogP contribution is -2.57. The van der Waals surface area contributed by atoms with Crippen molar-refractivity contribution in [2.45, 2.75) is 62.4 Å². The fourth-order valence-electron chi connectivity index (χ4n) is 6.32. The molecule has 0 radical (unpaired) electrons. The molecular weight excluding hydrogens is 472 g/mol. The van der Waals surface area contributed by atoms with Crippen LogP contribution in [0.25, 0.3) is 0 Å². The zero-order chi connectivity index (χ0) is 24.5. The summed E-state index contributed by atoms with van der Waals surface area (Å²) in [7, 11) is 0. The summed E-state index contributed by atoms with van der Waals surface area (Å²) >= 11 is 2.99. The third-order valence-electron chi connectivity index (χ3n) is 8.32. The van der Waals surface area contributed by atoms with Crippen molar-refractivity contribution in [3.63, 3.8) is 0 Å². The second kappa shape index (κ2) is 10.2. The summed E-state index contributed by atoms with van der Waals surface area (Å²) < 4.78 is 11.9. The molecule has 1 aromatic rings. The zero-order valence-corrected chi connectivity index (χ0v) is 21.5. The van der Waals surface area contributed by atoms with Gasteiger partial charge < -0.3 is 19.7 Å². The van der Waals surface area contributed by atoms with Gasteiger partial charge in [0, 0.05) is 5.41 Å². The molecule has 1 aliphatic heterocycles. The van der Waals surface area contributed by atoms with E-state index in [4.69, 9.17) is 9.47 Å². The number of rotatable bonds is 7. The van der Waals surface area contributed by atoms with Gasteiger partial charge >= 0.3 is 11.9 Å². The lowest BCUT2D eigenvalue weighted by Gasteiger charge is -2.59. The highest BCUT2D eigenvalue weighted by Crippen LogP contribution is 2.61. The number of carbonyl (C=O) groups is 2. The maximum atomic E-state index is 12.4. The van der Waals surface area contributed by atoms with Gasteiger partial charge in [0.1, 0.15) is 6.61 Å². The first kappa shape index (κ1) is 25.5. The molecule has 8 heteroatoms. The van der Waals surface area contributed by atoms with Crippen LogP contribution in [0, 0.1) is 22.7 Å². The first-order valence-electron chi connectivity index (χ1n) is 11.9. The first-order valence-corrected chi connectivity index (χ1v) is 13.7. The Kier molecular flexibility index (Phi) is 7.62. The SMILES string of the molecule is C=C1CC[C@@H]2[C@](C)(CO)[C@H](O)CC[C@@]2(C)[C@@H]1C/C=C1/C(=O)OC[C@H]1OC(=O)CSc1cccs1. The van der Waals surface area contributed by atoms with Gasteiger partial charge in [-0.15, -0.1) is 23.1 Å². The van der Waals surface area contributed by atoms with Gasteiger partial charge in [-0.1, -0.05) is 38.1 Å². The highest BCUT2D eigenvalue weighted by molar-refractivity contribution is 8.01. The van der Waals surface area contributed by atoms with Crippen molar-refractivity contribution in [3.8, 4) is 0 Å². The third kappa shape index (κ3) is 4.74. The molecule has 0 amide bonds. The number of thiophene rings is 1. The van der Waals surface area contributed by atoms with Crippen LogP contribution in [0.5, 0.6) is 0 Å². The minimum Gasteiger partial charge on any atom is -0.458 e. The molecule has 1 aromatic heterocycles. The van der Waals surface area contributed by atoms with Crippen LogP contribution < -0.4 is 0 Å². The first-order chi connectivity index (χ1) is 16.2. The molecule has 0 aromatic carbocycles. The largest absolute Gasteiger partial charge is 0.458 e. The third-order valence-corrected chi connectivity index (χ3v) is 10.4. The molecule has 2 saturated carbocycles. The van der Waals surface area contributed by atoms with Crippen LogP contribution in [0.2, 0.25) is 0 Å². The summed E-state index contributed by atoms with van der Waals surface area (Å²) in [6.45, 7) is 8.56. The van der Waals surface area contributed by atoms with E-state index < -0.39 is 23.6 Å². The molecule has 2 N–H and O–H groups in total. The molecule has 6 nitrogen and oxygen atoms in total. The number of hydrogen-bond acceptors (Lipinski definition) is 8. The molecular formula is C26H34O6S2. The molecule has 34 heavy (non-hydrogen) atoms. The molecule has 0 bridgehead atoms. The molecule has 186 valence electrons. The number of allylic oxidation sites excluding steroid dienone is 2. The number of fused-ring (bicyclic) bond motifs is 1. The quantitative estimate of drug-likeness (QED) is 0.246. The van der Waals surface area contributed by atoms with Crippen LogP contribution in [0.15, 0.2) is 45.5 Å². The van der Waals surface area contributed by atoms with E-state index in [0.717, 1.165) is 29.0 Å². The molecule has 2 aliphatic carbocycles. The van der Waals surface area contributed by atoms with Gasteiger partial charge in [0.15, 0.2) is 6.10 Å². The Morgan fingerprint density at radius 2 is 2.21 bits per heavy atom. The average Bonchev–Trinajstić information content (AvgIpc) is 3.45. The van der Waals surface area contributed by atoms with E-state index >= 15 is 0 Å². The van der Waals surface area contributed by atoms with E-state index in [1.165, 1.54) is 11.8 Å². The standard InChI is InChI=1S/C26H34O6S2/c1-16-6-9-20-25(2,11-10-21(28)26(20,3)15-27)18(16)8-7-17-19(13-31-24(17)30)32-22(29)14-34-23-5-4-12-33-23/h4-5,7,12,18-21,27-28H,1,6,8-11,13-15H2,2-3H3/b17-7+/t18-,19-,20+,21-,25+,26+/m1/s1. The van der Waals surface area contributed by atoms with Crippen LogP contribution in [-0.4, -0.2) is 53.3 Å². The highest BCUT2D eigenvalue weighted by atomic mass is 32.2. The zero-order valence-electron chi connectivity index (χ0n) is 19.8. The average molecular weight is 507 g/mol. The van der Waals surface area contributed by atoms with Crippen molar-refractivity contribution >= 4 is 35.0 Å². The monoisotopic (exact) mass is 506 g/mol. The van der Waals surface area contributed by atoms with Crippen LogP contribution in [0.3, 0.4) is 0 Å². The summed E-state index contributed by atoms with van der Waals surface area (Å²) in [5.41, 5.74) is 0.840. The van der Waals surface area contributed by atoms with E-state index in [9.17, 15) is 19.8 Å². The summed E-state index contributed by atoms with van der Waals surface area (Å²) in [5, 5.41) is 22.8. The van der Waals surface area contributed by atoms with Crippen molar-refractivity contribution in [1.29, 1.82) is 0 Å². The van der Waals surface area contributed by atoms with Crippen molar-refractivity contribution in [2.24, 2.45) is 22.7 Å². The van der Waals surface area contributed by atoms with E-state index in [2.05, 4.69) is 13.5 Å². The molecule has 3 fully saturated rings. The summed E-state index contributed by atoms with van der Waals surface area (Å²) in [6.07, 6.45) is 4.43. The van der Waals surface area contributed by atoms with Gasteiger partial charge in [0.25, 0.3) is 0 Å². The van der Waals surface area contributed by atoms with Gasteiger partial charge in [0.05, 0.1) is 28.2 Å². The number of cyclic esters (lactones) is 1. The highest BCUT2D eigenvalue weighted by Gasteiger charge is 2.57. The van der Waals surface area contributed by atoms with Crippen molar-refractivity contribution in [3.05, 3.63) is 41.3 Å². The second-order valence-corrected chi connectivity index (χ2v) is 12.4. The molecule has 2 heterocycles. The summed E-state index contributed by atoms with van der Waals surface area (Å²) in [6, 6.07) is 3.88. The van der Waals surface area contributed by atoms with E-state index in [0.29, 0.717) is 18.4 Å². The Morgan fingerprint density at radius 1 is 1.41 bits per heavy atom. The minimum absolute atomic E-state index is 0.0420. The number of hydrogen-bond donors (Lipinski definition) is 2. The Morgan fingerprint density at radius 3 is 2.91 bits per heavy atom. The summed E-state index contributed by atoms with van der Waals surface area (Å²) in [4.78, 5) is 24.8. The Bertz CT molecular complexity index is 957. The van der Waals surface area contributed by atoms with Crippen LogP contribution in [-0.2, 0) is 19.1 Å². The molecule has 0 spiro atoms. The Labute approximate surface area is 209 Å². The normalized spacial score (nSPS) is 36.9. The van der Waals surface area contributed by atoms with Gasteiger partial charge in [-0.25, -0.2) is 4.79 Å². The number of carbonyl (C=O) groups excluding carboxylic acids is 2.